The summed E-state index contributed by atoms with van der Waals surface area (Å²) in [6.07, 6.45) is 4.81. The monoisotopic (exact) mass is 332 g/mol. The van der Waals surface area contributed by atoms with E-state index in [-0.39, 0.29) is 23.2 Å². The van der Waals surface area contributed by atoms with Gasteiger partial charge in [-0.2, -0.15) is 0 Å². The van der Waals surface area contributed by atoms with Crippen molar-refractivity contribution in [3.63, 3.8) is 0 Å². The minimum absolute atomic E-state index is 0.128. The van der Waals surface area contributed by atoms with Crippen LogP contribution in [0.4, 0.5) is 5.69 Å². The van der Waals surface area contributed by atoms with E-state index >= 15 is 0 Å². The summed E-state index contributed by atoms with van der Waals surface area (Å²) in [5.74, 6) is 0. The van der Waals surface area contributed by atoms with Gasteiger partial charge < -0.3 is 10.5 Å². The van der Waals surface area contributed by atoms with Gasteiger partial charge >= 0.3 is 0 Å². The first-order valence-corrected chi connectivity index (χ1v) is 8.93. The van der Waals surface area contributed by atoms with Gasteiger partial charge in [-0.1, -0.05) is 24.4 Å². The number of anilines is 1. The topological polar surface area (TPSA) is 81.4 Å². The summed E-state index contributed by atoms with van der Waals surface area (Å²) in [4.78, 5) is 0.128. The van der Waals surface area contributed by atoms with E-state index in [9.17, 15) is 8.42 Å². The third-order valence-corrected chi connectivity index (χ3v) is 5.57. The van der Waals surface area contributed by atoms with E-state index < -0.39 is 10.0 Å². The molecule has 0 spiro atoms. The fourth-order valence-electron chi connectivity index (χ4n) is 2.46. The summed E-state index contributed by atoms with van der Waals surface area (Å²) in [6.45, 7) is 2.35. The molecular weight excluding hydrogens is 312 g/mol. The number of nitrogens with one attached hydrogen (secondary N) is 1. The van der Waals surface area contributed by atoms with Crippen LogP contribution in [0.5, 0.6) is 0 Å². The van der Waals surface area contributed by atoms with E-state index in [1.54, 1.807) is 6.92 Å². The van der Waals surface area contributed by atoms with Crippen LogP contribution in [0, 0.1) is 6.92 Å². The van der Waals surface area contributed by atoms with Gasteiger partial charge in [-0.25, -0.2) is 13.1 Å². The summed E-state index contributed by atoms with van der Waals surface area (Å²) in [6, 6.07) is 2.88. The zero-order chi connectivity index (χ0) is 15.5. The van der Waals surface area contributed by atoms with Gasteiger partial charge in [-0.05, 0) is 37.5 Å². The Hall–Kier alpha value is -0.820. The molecular formula is C14H21ClN2O3S. The average Bonchev–Trinajstić information content (AvgIpc) is 2.93. The standard InChI is InChI=1S/C14H21ClN2O3S/c1-10-8-12(9-13(16)14(10)15)21(18,19)17-6-7-20-11-4-2-3-5-11/h8-9,11,17H,2-7,16H2,1H3. The van der Waals surface area contributed by atoms with Crippen molar-refractivity contribution < 1.29 is 13.2 Å². The van der Waals surface area contributed by atoms with E-state index in [1.165, 1.54) is 25.0 Å². The summed E-state index contributed by atoms with van der Waals surface area (Å²) >= 11 is 5.94. The lowest BCUT2D eigenvalue weighted by molar-refractivity contribution is 0.0626. The van der Waals surface area contributed by atoms with Gasteiger partial charge in [0.05, 0.1) is 28.3 Å². The van der Waals surface area contributed by atoms with Crippen LogP contribution in [-0.4, -0.2) is 27.7 Å². The van der Waals surface area contributed by atoms with Crippen LogP contribution < -0.4 is 10.5 Å². The molecule has 1 aliphatic carbocycles. The first-order valence-electron chi connectivity index (χ1n) is 7.07. The maximum Gasteiger partial charge on any atom is 0.240 e. The lowest BCUT2D eigenvalue weighted by Gasteiger charge is -2.12. The molecule has 7 heteroatoms. The first kappa shape index (κ1) is 16.5. The molecule has 1 aromatic carbocycles. The molecule has 0 saturated heterocycles. The molecule has 0 unspecified atom stereocenters. The van der Waals surface area contributed by atoms with E-state index in [4.69, 9.17) is 22.1 Å². The van der Waals surface area contributed by atoms with E-state index in [0.717, 1.165) is 12.8 Å². The zero-order valence-corrected chi connectivity index (χ0v) is 13.6. The molecule has 1 aromatic rings. The third-order valence-electron chi connectivity index (χ3n) is 3.62. The fraction of sp³-hybridized carbons (Fsp3) is 0.571. The van der Waals surface area contributed by atoms with Crippen LogP contribution in [0.2, 0.25) is 5.02 Å². The van der Waals surface area contributed by atoms with E-state index in [1.807, 2.05) is 0 Å². The van der Waals surface area contributed by atoms with Gasteiger partial charge in [-0.15, -0.1) is 0 Å². The van der Waals surface area contributed by atoms with E-state index in [2.05, 4.69) is 4.72 Å². The Morgan fingerprint density at radius 1 is 1.38 bits per heavy atom. The lowest BCUT2D eigenvalue weighted by Crippen LogP contribution is -2.28. The Morgan fingerprint density at radius 3 is 2.67 bits per heavy atom. The van der Waals surface area contributed by atoms with Crippen molar-refractivity contribution in [2.45, 2.75) is 43.6 Å². The number of hydrogen-bond donors (Lipinski definition) is 2. The Morgan fingerprint density at radius 2 is 2.05 bits per heavy atom. The highest BCUT2D eigenvalue weighted by atomic mass is 35.5. The molecule has 0 aliphatic heterocycles. The van der Waals surface area contributed by atoms with Gasteiger partial charge in [0, 0.05) is 6.54 Å². The molecule has 0 radical (unpaired) electrons. The van der Waals surface area contributed by atoms with Gasteiger partial charge in [0.2, 0.25) is 10.0 Å². The van der Waals surface area contributed by atoms with Crippen molar-refractivity contribution in [1.29, 1.82) is 0 Å². The summed E-state index contributed by atoms with van der Waals surface area (Å²) < 4.78 is 32.5. The third kappa shape index (κ3) is 4.32. The second-order valence-electron chi connectivity index (χ2n) is 5.32. The van der Waals surface area contributed by atoms with Crippen LogP contribution in [0.15, 0.2) is 17.0 Å². The SMILES string of the molecule is Cc1cc(S(=O)(=O)NCCOC2CCCC2)cc(N)c1Cl. The van der Waals surface area contributed by atoms with Crippen molar-refractivity contribution in [3.8, 4) is 0 Å². The molecule has 0 bridgehead atoms. The molecule has 2 rings (SSSR count). The van der Waals surface area contributed by atoms with Crippen LogP contribution in [0.1, 0.15) is 31.2 Å². The molecule has 0 aromatic heterocycles. The molecule has 1 fully saturated rings. The number of ether oxygens (including phenoxy) is 1. The molecule has 1 saturated carbocycles. The second-order valence-corrected chi connectivity index (χ2v) is 7.46. The highest BCUT2D eigenvalue weighted by Crippen LogP contribution is 2.26. The van der Waals surface area contributed by atoms with Crippen LogP contribution in [-0.2, 0) is 14.8 Å². The summed E-state index contributed by atoms with van der Waals surface area (Å²) in [7, 11) is -3.59. The summed E-state index contributed by atoms with van der Waals surface area (Å²) in [5.41, 5.74) is 6.61. The molecule has 21 heavy (non-hydrogen) atoms. The van der Waals surface area contributed by atoms with Crippen molar-refractivity contribution in [3.05, 3.63) is 22.7 Å². The number of rotatable bonds is 6. The number of nitrogens with two attached hydrogens (primary N) is 1. The van der Waals surface area contributed by atoms with Crippen LogP contribution >= 0.6 is 11.6 Å². The van der Waals surface area contributed by atoms with E-state index in [0.29, 0.717) is 17.2 Å². The van der Waals surface area contributed by atoms with Gasteiger partial charge in [-0.3, -0.25) is 0 Å². The molecule has 1 aliphatic rings. The highest BCUT2D eigenvalue weighted by Gasteiger charge is 2.18. The van der Waals surface area contributed by atoms with Crippen LogP contribution in [0.25, 0.3) is 0 Å². The minimum Gasteiger partial charge on any atom is -0.397 e. The molecule has 3 N–H and O–H groups in total. The molecule has 5 nitrogen and oxygen atoms in total. The number of nitrogen functional groups attached to an aromatic ring is 1. The van der Waals surface area contributed by atoms with Gasteiger partial charge in [0.1, 0.15) is 0 Å². The average molecular weight is 333 g/mol. The Labute approximate surface area is 130 Å². The van der Waals surface area contributed by atoms with Crippen molar-refractivity contribution in [2.24, 2.45) is 0 Å². The fourth-order valence-corrected chi connectivity index (χ4v) is 3.70. The predicted molar refractivity (Wildman–Crippen MR) is 84.0 cm³/mol. The minimum atomic E-state index is -3.59. The number of halogens is 1. The maximum absolute atomic E-state index is 12.2. The molecule has 0 atom stereocenters. The molecule has 0 heterocycles. The van der Waals surface area contributed by atoms with Crippen molar-refractivity contribution >= 4 is 27.3 Å². The Kier molecular flexibility index (Phi) is 5.48. The zero-order valence-electron chi connectivity index (χ0n) is 12.1. The first-order chi connectivity index (χ1) is 9.90. The number of hydrogen-bond acceptors (Lipinski definition) is 4. The van der Waals surface area contributed by atoms with Crippen molar-refractivity contribution in [2.75, 3.05) is 18.9 Å². The summed E-state index contributed by atoms with van der Waals surface area (Å²) in [5, 5.41) is 0.388. The number of benzene rings is 1. The quantitative estimate of drug-likeness (QED) is 0.619. The van der Waals surface area contributed by atoms with Crippen molar-refractivity contribution in [1.82, 2.24) is 4.72 Å². The number of aryl methyl sites for hydroxylation is 1. The molecule has 118 valence electrons. The highest BCUT2D eigenvalue weighted by molar-refractivity contribution is 7.89. The smallest absolute Gasteiger partial charge is 0.240 e. The Bertz CT molecular complexity index is 575. The second kappa shape index (κ2) is 6.96. The number of sulfonamides is 1. The lowest BCUT2D eigenvalue weighted by atomic mass is 10.2. The van der Waals surface area contributed by atoms with Gasteiger partial charge in [0.15, 0.2) is 0 Å². The molecule has 0 amide bonds. The normalized spacial score (nSPS) is 16.5. The predicted octanol–water partition coefficient (Wildman–Crippen LogP) is 2.47. The maximum atomic E-state index is 12.2. The largest absolute Gasteiger partial charge is 0.397 e. The Balaban J connectivity index is 1.92. The van der Waals surface area contributed by atoms with Crippen LogP contribution in [0.3, 0.4) is 0 Å². The van der Waals surface area contributed by atoms with Gasteiger partial charge in [0.25, 0.3) is 0 Å².